The number of amides is 1. The van der Waals surface area contributed by atoms with Crippen molar-refractivity contribution < 1.29 is 18.7 Å². The number of likely N-dealkylation sites (tertiary alicyclic amines) is 1. The van der Waals surface area contributed by atoms with Gasteiger partial charge >= 0.3 is 0 Å². The van der Waals surface area contributed by atoms with Crippen LogP contribution < -0.4 is 20.1 Å². The lowest BCUT2D eigenvalue weighted by Gasteiger charge is -2.28. The fourth-order valence-corrected chi connectivity index (χ4v) is 4.39. The summed E-state index contributed by atoms with van der Waals surface area (Å²) in [6.45, 7) is 2.75. The molecule has 0 aliphatic carbocycles. The van der Waals surface area contributed by atoms with Gasteiger partial charge in [-0.05, 0) is 75.3 Å². The van der Waals surface area contributed by atoms with Gasteiger partial charge in [0.15, 0.2) is 11.5 Å². The van der Waals surface area contributed by atoms with Crippen LogP contribution in [0.3, 0.4) is 0 Å². The first-order valence-electron chi connectivity index (χ1n) is 12.4. The molecule has 2 aromatic carbocycles. The number of benzene rings is 2. The van der Waals surface area contributed by atoms with E-state index in [1.807, 2.05) is 6.07 Å². The van der Waals surface area contributed by atoms with Gasteiger partial charge in [0.25, 0.3) is 5.91 Å². The zero-order chi connectivity index (χ0) is 26.5. The molecule has 0 spiro atoms. The molecule has 0 unspecified atom stereocenters. The lowest BCUT2D eigenvalue weighted by atomic mass is 9.98. The number of ether oxygens (including phenoxy) is 2. The summed E-state index contributed by atoms with van der Waals surface area (Å²) in [6, 6.07) is 13.0. The molecule has 1 amide bonds. The number of nitrogens with one attached hydrogen (secondary N) is 2. The lowest BCUT2D eigenvalue weighted by Crippen LogP contribution is -2.32. The summed E-state index contributed by atoms with van der Waals surface area (Å²) in [4.78, 5) is 27.4. The van der Waals surface area contributed by atoms with Crippen LogP contribution in [0.1, 0.15) is 23.3 Å². The monoisotopic (exact) mass is 516 g/mol. The largest absolute Gasteiger partial charge is 0.493 e. The Morgan fingerprint density at radius 3 is 2.66 bits per heavy atom. The molecule has 0 atom stereocenters. The van der Waals surface area contributed by atoms with Crippen molar-refractivity contribution in [2.45, 2.75) is 12.8 Å². The first kappa shape index (κ1) is 25.3. The van der Waals surface area contributed by atoms with Crippen molar-refractivity contribution in [1.82, 2.24) is 19.9 Å². The normalized spacial score (nSPS) is 14.3. The van der Waals surface area contributed by atoms with E-state index in [1.165, 1.54) is 24.7 Å². The van der Waals surface area contributed by atoms with E-state index in [2.05, 4.69) is 37.5 Å². The number of carbonyl (C=O) groups excluding carboxylic acids is 1. The van der Waals surface area contributed by atoms with Crippen molar-refractivity contribution in [2.24, 2.45) is 5.92 Å². The fraction of sp³-hybridized carbons (Fsp3) is 0.286. The van der Waals surface area contributed by atoms with Crippen LogP contribution in [-0.2, 0) is 0 Å². The summed E-state index contributed by atoms with van der Waals surface area (Å²) >= 11 is 0. The number of anilines is 3. The Morgan fingerprint density at radius 1 is 1.08 bits per heavy atom. The number of nitrogens with zero attached hydrogens (tertiary/aromatic N) is 4. The standard InChI is InChI=1S/C28H29FN6O3/c1-35-11-8-18(9-12-35)16-38-26-15-24-20(14-25(26)37-2)27(32-17-31-24)34-22-7-6-19(13-21(22)29)33-28(36)23-5-3-4-10-30-23/h3-7,10,13-15,17-18H,8-9,11-12,16H2,1-2H3,(H,33,36)(H,31,32,34). The van der Waals surface area contributed by atoms with Gasteiger partial charge in [-0.3, -0.25) is 9.78 Å². The van der Waals surface area contributed by atoms with E-state index in [4.69, 9.17) is 9.47 Å². The van der Waals surface area contributed by atoms with Crippen molar-refractivity contribution in [3.63, 3.8) is 0 Å². The summed E-state index contributed by atoms with van der Waals surface area (Å²) in [6.07, 6.45) is 5.13. The van der Waals surface area contributed by atoms with Crippen LogP contribution in [0.5, 0.6) is 11.5 Å². The van der Waals surface area contributed by atoms with Crippen molar-refractivity contribution >= 4 is 34.0 Å². The first-order valence-corrected chi connectivity index (χ1v) is 12.4. The second-order valence-electron chi connectivity index (χ2n) is 9.29. The van der Waals surface area contributed by atoms with Gasteiger partial charge in [-0.25, -0.2) is 14.4 Å². The third kappa shape index (κ3) is 5.81. The summed E-state index contributed by atoms with van der Waals surface area (Å²) in [5, 5.41) is 6.34. The number of halogens is 1. The predicted molar refractivity (Wildman–Crippen MR) is 144 cm³/mol. The molecule has 10 heteroatoms. The van der Waals surface area contributed by atoms with E-state index in [0.29, 0.717) is 46.4 Å². The van der Waals surface area contributed by atoms with E-state index < -0.39 is 11.7 Å². The molecule has 0 saturated carbocycles. The Balaban J connectivity index is 1.32. The highest BCUT2D eigenvalue weighted by atomic mass is 19.1. The molecule has 38 heavy (non-hydrogen) atoms. The molecule has 196 valence electrons. The van der Waals surface area contributed by atoms with E-state index in [0.717, 1.165) is 25.9 Å². The van der Waals surface area contributed by atoms with Crippen LogP contribution in [0.15, 0.2) is 61.1 Å². The van der Waals surface area contributed by atoms with Gasteiger partial charge in [0.2, 0.25) is 0 Å². The highest BCUT2D eigenvalue weighted by Crippen LogP contribution is 2.36. The number of piperidine rings is 1. The number of hydrogen-bond donors (Lipinski definition) is 2. The summed E-state index contributed by atoms with van der Waals surface area (Å²) in [5.41, 5.74) is 1.39. The van der Waals surface area contributed by atoms with E-state index in [1.54, 1.807) is 37.4 Å². The summed E-state index contributed by atoms with van der Waals surface area (Å²) < 4.78 is 26.7. The van der Waals surface area contributed by atoms with E-state index in [-0.39, 0.29) is 11.4 Å². The average Bonchev–Trinajstić information content (AvgIpc) is 2.94. The van der Waals surface area contributed by atoms with Gasteiger partial charge in [-0.15, -0.1) is 0 Å². The molecule has 3 heterocycles. The number of aromatic nitrogens is 3. The van der Waals surface area contributed by atoms with Gasteiger partial charge in [0.05, 0.1) is 24.9 Å². The van der Waals surface area contributed by atoms with Crippen LogP contribution >= 0.6 is 0 Å². The molecule has 1 fully saturated rings. The molecule has 5 rings (SSSR count). The highest BCUT2D eigenvalue weighted by Gasteiger charge is 2.19. The topological polar surface area (TPSA) is 102 Å². The fourth-order valence-electron chi connectivity index (χ4n) is 4.39. The van der Waals surface area contributed by atoms with Gasteiger partial charge in [-0.1, -0.05) is 6.07 Å². The Kier molecular flexibility index (Phi) is 7.60. The maximum atomic E-state index is 15.0. The zero-order valence-corrected chi connectivity index (χ0v) is 21.3. The number of methoxy groups -OCH3 is 1. The summed E-state index contributed by atoms with van der Waals surface area (Å²) in [5.74, 6) is 1.10. The zero-order valence-electron chi connectivity index (χ0n) is 21.3. The number of rotatable bonds is 8. The summed E-state index contributed by atoms with van der Waals surface area (Å²) in [7, 11) is 3.72. The second kappa shape index (κ2) is 11.4. The molecule has 4 aromatic rings. The van der Waals surface area contributed by atoms with Crippen LogP contribution in [-0.4, -0.2) is 59.6 Å². The predicted octanol–water partition coefficient (Wildman–Crippen LogP) is 4.89. The maximum absolute atomic E-state index is 15.0. The Bertz CT molecular complexity index is 1430. The van der Waals surface area contributed by atoms with Crippen molar-refractivity contribution in [2.75, 3.05) is 44.5 Å². The molecule has 1 aliphatic heterocycles. The number of hydrogen-bond acceptors (Lipinski definition) is 8. The van der Waals surface area contributed by atoms with Crippen LogP contribution in [0.2, 0.25) is 0 Å². The first-order chi connectivity index (χ1) is 18.5. The molecular formula is C28H29FN6O3. The molecule has 2 aromatic heterocycles. The Morgan fingerprint density at radius 2 is 1.92 bits per heavy atom. The van der Waals surface area contributed by atoms with Gasteiger partial charge < -0.3 is 25.0 Å². The number of fused-ring (bicyclic) bond motifs is 1. The highest BCUT2D eigenvalue weighted by molar-refractivity contribution is 6.03. The lowest BCUT2D eigenvalue weighted by molar-refractivity contribution is 0.102. The van der Waals surface area contributed by atoms with Crippen molar-refractivity contribution in [3.8, 4) is 11.5 Å². The van der Waals surface area contributed by atoms with Crippen LogP contribution in [0, 0.1) is 11.7 Å². The smallest absolute Gasteiger partial charge is 0.274 e. The molecule has 2 N–H and O–H groups in total. The maximum Gasteiger partial charge on any atom is 0.274 e. The van der Waals surface area contributed by atoms with E-state index >= 15 is 0 Å². The average molecular weight is 517 g/mol. The number of pyridine rings is 1. The third-order valence-corrected chi connectivity index (χ3v) is 6.61. The minimum Gasteiger partial charge on any atom is -0.493 e. The molecule has 0 radical (unpaired) electrons. The number of carbonyl (C=O) groups is 1. The van der Waals surface area contributed by atoms with Gasteiger partial charge in [-0.2, -0.15) is 0 Å². The molecular weight excluding hydrogens is 487 g/mol. The van der Waals surface area contributed by atoms with Gasteiger partial charge in [0, 0.05) is 23.3 Å². The Hall–Kier alpha value is -4.31. The second-order valence-corrected chi connectivity index (χ2v) is 9.29. The molecule has 9 nitrogen and oxygen atoms in total. The minimum absolute atomic E-state index is 0.197. The van der Waals surface area contributed by atoms with Gasteiger partial charge in [0.1, 0.15) is 23.7 Å². The van der Waals surface area contributed by atoms with Crippen molar-refractivity contribution in [1.29, 1.82) is 0 Å². The minimum atomic E-state index is -0.555. The molecule has 1 saturated heterocycles. The SMILES string of the molecule is COc1cc2c(Nc3ccc(NC(=O)c4ccccn4)cc3F)ncnc2cc1OCC1CCN(C)CC1. The Labute approximate surface area is 220 Å². The quantitative estimate of drug-likeness (QED) is 0.341. The van der Waals surface area contributed by atoms with Crippen LogP contribution in [0.25, 0.3) is 10.9 Å². The van der Waals surface area contributed by atoms with Crippen LogP contribution in [0.4, 0.5) is 21.6 Å². The van der Waals surface area contributed by atoms with Crippen molar-refractivity contribution in [3.05, 3.63) is 72.6 Å². The molecule has 1 aliphatic rings. The van der Waals surface area contributed by atoms with E-state index in [9.17, 15) is 9.18 Å². The molecule has 0 bridgehead atoms. The third-order valence-electron chi connectivity index (χ3n) is 6.61.